The molecule has 0 aliphatic carbocycles. The lowest BCUT2D eigenvalue weighted by molar-refractivity contribution is 0.0614. The van der Waals surface area contributed by atoms with E-state index in [0.29, 0.717) is 6.42 Å². The van der Waals surface area contributed by atoms with Crippen LogP contribution in [0.5, 0.6) is 0 Å². The molecule has 1 aliphatic rings. The molecular formula is C25H28N2O2S. The Hall–Kier alpha value is -2.66. The van der Waals surface area contributed by atoms with Gasteiger partial charge in [-0.1, -0.05) is 36.4 Å². The van der Waals surface area contributed by atoms with E-state index in [9.17, 15) is 9.59 Å². The number of nitrogens with one attached hydrogen (secondary N) is 1. The molecule has 1 saturated heterocycles. The van der Waals surface area contributed by atoms with E-state index in [1.807, 2.05) is 61.2 Å². The van der Waals surface area contributed by atoms with Crippen LogP contribution < -0.4 is 5.32 Å². The van der Waals surface area contributed by atoms with Crippen LogP contribution in [0, 0.1) is 0 Å². The first-order valence-electron chi connectivity index (χ1n) is 10.7. The van der Waals surface area contributed by atoms with Crippen molar-refractivity contribution in [1.29, 1.82) is 0 Å². The first-order valence-corrected chi connectivity index (χ1v) is 11.5. The van der Waals surface area contributed by atoms with Crippen LogP contribution in [-0.2, 0) is 6.42 Å². The van der Waals surface area contributed by atoms with E-state index in [1.54, 1.807) is 11.3 Å². The maximum atomic E-state index is 13.2. The molecule has 0 unspecified atom stereocenters. The molecule has 1 aromatic heterocycles. The molecule has 5 heteroatoms. The Morgan fingerprint density at radius 2 is 1.80 bits per heavy atom. The molecule has 0 bridgehead atoms. The fourth-order valence-electron chi connectivity index (χ4n) is 4.27. The quantitative estimate of drug-likeness (QED) is 0.611. The van der Waals surface area contributed by atoms with Gasteiger partial charge in [-0.2, -0.15) is 0 Å². The number of carbonyl (C=O) groups is 2. The van der Waals surface area contributed by atoms with E-state index in [-0.39, 0.29) is 23.9 Å². The van der Waals surface area contributed by atoms with Crippen LogP contribution in [0.2, 0.25) is 0 Å². The zero-order chi connectivity index (χ0) is 21.1. The minimum absolute atomic E-state index is 0.0158. The van der Waals surface area contributed by atoms with Gasteiger partial charge in [-0.05, 0) is 68.7 Å². The Labute approximate surface area is 181 Å². The molecule has 0 radical (unpaired) electrons. The highest BCUT2D eigenvalue weighted by atomic mass is 32.1. The number of hydrogen-bond acceptors (Lipinski definition) is 3. The second-order valence-corrected chi connectivity index (χ2v) is 9.30. The lowest BCUT2D eigenvalue weighted by Crippen LogP contribution is -2.45. The monoisotopic (exact) mass is 420 g/mol. The van der Waals surface area contributed by atoms with E-state index in [4.69, 9.17) is 0 Å². The summed E-state index contributed by atoms with van der Waals surface area (Å²) in [6.07, 6.45) is 3.82. The summed E-state index contributed by atoms with van der Waals surface area (Å²) in [6.45, 7) is 4.73. The lowest BCUT2D eigenvalue weighted by Gasteiger charge is -2.36. The molecule has 2 amide bonds. The normalized spacial score (nSPS) is 16.8. The fraction of sp³-hybridized carbons (Fsp3) is 0.360. The average molecular weight is 421 g/mol. The number of hydrogen-bond donors (Lipinski definition) is 1. The third-order valence-electron chi connectivity index (χ3n) is 5.67. The number of thiophene rings is 1. The predicted octanol–water partition coefficient (Wildman–Crippen LogP) is 5.28. The molecule has 3 aromatic rings. The molecule has 1 aliphatic heterocycles. The number of nitrogens with zero attached hydrogens (tertiary/aromatic N) is 1. The van der Waals surface area contributed by atoms with E-state index < -0.39 is 0 Å². The molecule has 0 saturated carbocycles. The molecular weight excluding hydrogens is 392 g/mol. The Morgan fingerprint density at radius 3 is 2.57 bits per heavy atom. The summed E-state index contributed by atoms with van der Waals surface area (Å²) in [5.74, 6) is 0.0750. The van der Waals surface area contributed by atoms with Gasteiger partial charge in [-0.3, -0.25) is 9.59 Å². The molecule has 4 rings (SSSR count). The molecule has 1 fully saturated rings. The molecule has 2 heterocycles. The van der Waals surface area contributed by atoms with Gasteiger partial charge >= 0.3 is 0 Å². The van der Waals surface area contributed by atoms with E-state index >= 15 is 0 Å². The van der Waals surface area contributed by atoms with Gasteiger partial charge in [0, 0.05) is 28.9 Å². The van der Waals surface area contributed by atoms with Crippen LogP contribution in [0.1, 0.15) is 58.7 Å². The zero-order valence-electron chi connectivity index (χ0n) is 17.6. The molecule has 1 atom stereocenters. The number of rotatable bonds is 5. The lowest BCUT2D eigenvalue weighted by atomic mass is 9.93. The number of piperidine rings is 1. The Morgan fingerprint density at radius 1 is 1.07 bits per heavy atom. The molecule has 156 valence electrons. The highest BCUT2D eigenvalue weighted by molar-refractivity contribution is 7.21. The van der Waals surface area contributed by atoms with Crippen molar-refractivity contribution in [2.45, 2.75) is 51.6 Å². The van der Waals surface area contributed by atoms with Gasteiger partial charge in [0.25, 0.3) is 11.8 Å². The summed E-state index contributed by atoms with van der Waals surface area (Å²) in [4.78, 5) is 29.0. The second-order valence-electron chi connectivity index (χ2n) is 8.25. The molecule has 30 heavy (non-hydrogen) atoms. The minimum Gasteiger partial charge on any atom is -0.349 e. The van der Waals surface area contributed by atoms with Crippen molar-refractivity contribution in [3.05, 3.63) is 70.6 Å². The Bertz CT molecular complexity index is 1040. The average Bonchev–Trinajstić information content (AvgIpc) is 3.12. The van der Waals surface area contributed by atoms with Gasteiger partial charge in [0.15, 0.2) is 0 Å². The summed E-state index contributed by atoms with van der Waals surface area (Å²) in [6, 6.07) is 17.9. The second kappa shape index (κ2) is 9.00. The van der Waals surface area contributed by atoms with Crippen LogP contribution in [-0.4, -0.2) is 35.3 Å². The third kappa shape index (κ3) is 4.26. The summed E-state index contributed by atoms with van der Waals surface area (Å²) in [7, 11) is 0. The minimum atomic E-state index is -0.0158. The zero-order valence-corrected chi connectivity index (χ0v) is 18.4. The third-order valence-corrected chi connectivity index (χ3v) is 6.88. The molecule has 4 nitrogen and oxygen atoms in total. The van der Waals surface area contributed by atoms with Gasteiger partial charge in [0.2, 0.25) is 0 Å². The molecule has 2 aromatic carbocycles. The van der Waals surface area contributed by atoms with Crippen molar-refractivity contribution in [1.82, 2.24) is 10.2 Å². The summed E-state index contributed by atoms with van der Waals surface area (Å²) in [5, 5.41) is 4.18. The highest BCUT2D eigenvalue weighted by Crippen LogP contribution is 2.34. The van der Waals surface area contributed by atoms with Crippen molar-refractivity contribution >= 4 is 33.2 Å². The Balaban J connectivity index is 1.68. The number of benzene rings is 2. The standard InChI is InChI=1S/C25H28N2O2S/c1-17(2)26-24(28)23-21(20-13-6-7-14-22(20)30-23)16-19-12-8-9-15-27(19)25(29)18-10-4-3-5-11-18/h3-7,10-11,13-14,17,19H,8-9,12,15-16H2,1-2H3,(H,26,28)/t19-/m1/s1. The van der Waals surface area contributed by atoms with Crippen LogP contribution in [0.4, 0.5) is 0 Å². The first kappa shape index (κ1) is 20.6. The first-order chi connectivity index (χ1) is 14.5. The topological polar surface area (TPSA) is 49.4 Å². The van der Waals surface area contributed by atoms with E-state index in [0.717, 1.165) is 51.9 Å². The van der Waals surface area contributed by atoms with Crippen molar-refractivity contribution in [2.24, 2.45) is 0 Å². The predicted molar refractivity (Wildman–Crippen MR) is 123 cm³/mol. The van der Waals surface area contributed by atoms with Crippen molar-refractivity contribution < 1.29 is 9.59 Å². The molecule has 0 spiro atoms. The van der Waals surface area contributed by atoms with Crippen LogP contribution >= 0.6 is 11.3 Å². The van der Waals surface area contributed by atoms with Gasteiger partial charge in [-0.15, -0.1) is 11.3 Å². The fourth-order valence-corrected chi connectivity index (χ4v) is 5.41. The largest absolute Gasteiger partial charge is 0.349 e. The van der Waals surface area contributed by atoms with Crippen molar-refractivity contribution in [3.63, 3.8) is 0 Å². The Kier molecular flexibility index (Phi) is 6.18. The van der Waals surface area contributed by atoms with Crippen molar-refractivity contribution in [3.8, 4) is 0 Å². The van der Waals surface area contributed by atoms with Crippen molar-refractivity contribution in [2.75, 3.05) is 6.54 Å². The number of carbonyl (C=O) groups excluding carboxylic acids is 2. The number of fused-ring (bicyclic) bond motifs is 1. The number of amides is 2. The van der Waals surface area contributed by atoms with Crippen LogP contribution in [0.15, 0.2) is 54.6 Å². The van der Waals surface area contributed by atoms with Crippen LogP contribution in [0.25, 0.3) is 10.1 Å². The molecule has 1 N–H and O–H groups in total. The summed E-state index contributed by atoms with van der Waals surface area (Å²) < 4.78 is 1.12. The van der Waals surface area contributed by atoms with Gasteiger partial charge < -0.3 is 10.2 Å². The number of likely N-dealkylation sites (tertiary alicyclic amines) is 1. The summed E-state index contributed by atoms with van der Waals surface area (Å²) >= 11 is 1.55. The van der Waals surface area contributed by atoms with E-state index in [2.05, 4.69) is 17.4 Å². The van der Waals surface area contributed by atoms with Gasteiger partial charge in [-0.25, -0.2) is 0 Å². The van der Waals surface area contributed by atoms with E-state index in [1.165, 1.54) is 0 Å². The maximum absolute atomic E-state index is 13.2. The van der Waals surface area contributed by atoms with Gasteiger partial charge in [0.05, 0.1) is 4.88 Å². The SMILES string of the molecule is CC(C)NC(=O)c1sc2ccccc2c1C[C@H]1CCCCN1C(=O)c1ccccc1. The summed E-state index contributed by atoms with van der Waals surface area (Å²) in [5.41, 5.74) is 1.81. The maximum Gasteiger partial charge on any atom is 0.261 e. The highest BCUT2D eigenvalue weighted by Gasteiger charge is 2.30. The van der Waals surface area contributed by atoms with Gasteiger partial charge in [0.1, 0.15) is 0 Å². The smallest absolute Gasteiger partial charge is 0.261 e. The van der Waals surface area contributed by atoms with Crippen LogP contribution in [0.3, 0.4) is 0 Å².